The lowest BCUT2D eigenvalue weighted by Crippen LogP contribution is -2.41. The first kappa shape index (κ1) is 15.4. The molecule has 0 atom stereocenters. The van der Waals surface area contributed by atoms with Crippen LogP contribution in [0, 0.1) is 5.82 Å². The average Bonchev–Trinajstić information content (AvgIpc) is 2.21. The van der Waals surface area contributed by atoms with Crippen molar-refractivity contribution in [3.63, 3.8) is 0 Å². The fraction of sp³-hybridized carbons (Fsp3) is 0.500. The number of rotatable bonds is 5. The molecular weight excluding hydrogens is 277 g/mol. The number of sulfone groups is 1. The molecule has 0 aliphatic carbocycles. The zero-order chi connectivity index (χ0) is 14.0. The Kier molecular flexibility index (Phi) is 4.75. The highest BCUT2D eigenvalue weighted by molar-refractivity contribution is 7.92. The van der Waals surface area contributed by atoms with Gasteiger partial charge < -0.3 is 5.32 Å². The highest BCUT2D eigenvalue weighted by Crippen LogP contribution is 2.16. The van der Waals surface area contributed by atoms with Crippen LogP contribution in [0.5, 0.6) is 0 Å². The molecule has 102 valence electrons. The highest BCUT2D eigenvalue weighted by Gasteiger charge is 2.29. The van der Waals surface area contributed by atoms with Gasteiger partial charge >= 0.3 is 0 Å². The van der Waals surface area contributed by atoms with Gasteiger partial charge in [0.1, 0.15) is 5.82 Å². The molecule has 18 heavy (non-hydrogen) atoms. The summed E-state index contributed by atoms with van der Waals surface area (Å²) in [5.74, 6) is -0.357. The van der Waals surface area contributed by atoms with Gasteiger partial charge in [-0.15, -0.1) is 0 Å². The summed E-state index contributed by atoms with van der Waals surface area (Å²) < 4.78 is 35.5. The highest BCUT2D eigenvalue weighted by atomic mass is 35.5. The number of hydrogen-bond acceptors (Lipinski definition) is 3. The third kappa shape index (κ3) is 3.93. The zero-order valence-corrected chi connectivity index (χ0v) is 12.2. The van der Waals surface area contributed by atoms with Gasteiger partial charge in [-0.05, 0) is 32.0 Å². The molecule has 0 saturated heterocycles. The van der Waals surface area contributed by atoms with Crippen LogP contribution in [0.2, 0.25) is 5.02 Å². The van der Waals surface area contributed by atoms with Crippen molar-refractivity contribution < 1.29 is 12.8 Å². The van der Waals surface area contributed by atoms with Crippen molar-refractivity contribution in [3.05, 3.63) is 34.6 Å². The summed E-state index contributed by atoms with van der Waals surface area (Å²) in [6.45, 7) is 3.75. The summed E-state index contributed by atoms with van der Waals surface area (Å²) in [4.78, 5) is 0. The van der Waals surface area contributed by atoms with Crippen molar-refractivity contribution in [1.82, 2.24) is 5.32 Å². The van der Waals surface area contributed by atoms with E-state index in [1.807, 2.05) is 0 Å². The second-order valence-electron chi connectivity index (χ2n) is 4.87. The summed E-state index contributed by atoms with van der Waals surface area (Å²) in [6.07, 6.45) is 1.19. The van der Waals surface area contributed by atoms with Gasteiger partial charge in [0.05, 0.1) is 4.75 Å². The van der Waals surface area contributed by atoms with E-state index in [4.69, 9.17) is 11.6 Å². The fourth-order valence-corrected chi connectivity index (χ4v) is 1.87. The molecule has 0 aliphatic heterocycles. The van der Waals surface area contributed by atoms with E-state index >= 15 is 0 Å². The van der Waals surface area contributed by atoms with Gasteiger partial charge in [0.2, 0.25) is 0 Å². The molecule has 6 heteroatoms. The van der Waals surface area contributed by atoms with Gasteiger partial charge in [0.15, 0.2) is 9.84 Å². The molecule has 0 saturated carbocycles. The van der Waals surface area contributed by atoms with Crippen molar-refractivity contribution in [2.75, 3.05) is 12.8 Å². The molecule has 1 N–H and O–H groups in total. The lowest BCUT2D eigenvalue weighted by molar-refractivity contribution is 0.515. The van der Waals surface area contributed by atoms with Crippen molar-refractivity contribution >= 4 is 21.4 Å². The van der Waals surface area contributed by atoms with Gasteiger partial charge in [0.25, 0.3) is 0 Å². The number of halogens is 2. The van der Waals surface area contributed by atoms with Gasteiger partial charge in [-0.2, -0.15) is 0 Å². The third-order valence-corrected chi connectivity index (χ3v) is 5.26. The van der Waals surface area contributed by atoms with Crippen LogP contribution < -0.4 is 5.32 Å². The van der Waals surface area contributed by atoms with Gasteiger partial charge in [-0.1, -0.05) is 11.6 Å². The molecule has 0 aromatic heterocycles. The summed E-state index contributed by atoms with van der Waals surface area (Å²) in [6, 6.07) is 4.29. The van der Waals surface area contributed by atoms with Crippen molar-refractivity contribution in [3.8, 4) is 0 Å². The standard InChI is InChI=1S/C12H17ClFNO2S/c1-12(2,18(3,16)17)8-15-7-9-6-10(13)4-5-11(9)14/h4-6,15H,7-8H2,1-3H3. The van der Waals surface area contributed by atoms with Crippen LogP contribution >= 0.6 is 11.6 Å². The Balaban J connectivity index is 2.65. The van der Waals surface area contributed by atoms with Gasteiger partial charge in [-0.3, -0.25) is 0 Å². The Morgan fingerprint density at radius 2 is 2.00 bits per heavy atom. The van der Waals surface area contributed by atoms with E-state index in [0.717, 1.165) is 0 Å². The summed E-state index contributed by atoms with van der Waals surface area (Å²) in [5, 5.41) is 3.39. The smallest absolute Gasteiger partial charge is 0.153 e. The Morgan fingerprint density at radius 3 is 2.56 bits per heavy atom. The zero-order valence-electron chi connectivity index (χ0n) is 10.6. The van der Waals surface area contributed by atoms with E-state index < -0.39 is 14.6 Å². The van der Waals surface area contributed by atoms with E-state index in [1.165, 1.54) is 24.5 Å². The summed E-state index contributed by atoms with van der Waals surface area (Å²) in [5.41, 5.74) is 0.423. The Hall–Kier alpha value is -0.650. The van der Waals surface area contributed by atoms with Crippen LogP contribution in [-0.2, 0) is 16.4 Å². The third-order valence-electron chi connectivity index (χ3n) is 2.88. The predicted molar refractivity (Wildman–Crippen MR) is 72.0 cm³/mol. The minimum absolute atomic E-state index is 0.241. The monoisotopic (exact) mass is 293 g/mol. The maximum absolute atomic E-state index is 13.4. The molecule has 0 spiro atoms. The number of nitrogens with one attached hydrogen (secondary N) is 1. The summed E-state index contributed by atoms with van der Waals surface area (Å²) >= 11 is 5.77. The van der Waals surface area contributed by atoms with Crippen molar-refractivity contribution in [1.29, 1.82) is 0 Å². The topological polar surface area (TPSA) is 46.2 Å². The van der Waals surface area contributed by atoms with Crippen molar-refractivity contribution in [2.24, 2.45) is 0 Å². The first-order chi connectivity index (χ1) is 8.13. The second kappa shape index (κ2) is 5.55. The molecule has 1 aromatic carbocycles. The van der Waals surface area contributed by atoms with Crippen LogP contribution in [-0.4, -0.2) is 26.0 Å². The molecular formula is C12H17ClFNO2S. The first-order valence-electron chi connectivity index (χ1n) is 5.48. The first-order valence-corrected chi connectivity index (χ1v) is 7.75. The van der Waals surface area contributed by atoms with Crippen LogP contribution in [0.3, 0.4) is 0 Å². The molecule has 1 aromatic rings. The molecule has 0 unspecified atom stereocenters. The Morgan fingerprint density at radius 1 is 1.39 bits per heavy atom. The van der Waals surface area contributed by atoms with Gasteiger partial charge in [-0.25, -0.2) is 12.8 Å². The van der Waals surface area contributed by atoms with E-state index in [1.54, 1.807) is 13.8 Å². The Labute approximate surface area is 112 Å². The summed E-state index contributed by atoms with van der Waals surface area (Å²) in [7, 11) is -3.16. The maximum Gasteiger partial charge on any atom is 0.153 e. The van der Waals surface area contributed by atoms with Crippen LogP contribution in [0.4, 0.5) is 4.39 Å². The van der Waals surface area contributed by atoms with Crippen LogP contribution in [0.1, 0.15) is 19.4 Å². The minimum atomic E-state index is -3.16. The van der Waals surface area contributed by atoms with E-state index in [0.29, 0.717) is 10.6 Å². The quantitative estimate of drug-likeness (QED) is 0.907. The number of hydrogen-bond donors (Lipinski definition) is 1. The molecule has 0 aliphatic rings. The average molecular weight is 294 g/mol. The lowest BCUT2D eigenvalue weighted by Gasteiger charge is -2.22. The molecule has 0 heterocycles. The van der Waals surface area contributed by atoms with E-state index in [2.05, 4.69) is 5.32 Å². The van der Waals surface area contributed by atoms with Gasteiger partial charge in [0, 0.05) is 29.9 Å². The van der Waals surface area contributed by atoms with Crippen molar-refractivity contribution in [2.45, 2.75) is 25.1 Å². The normalized spacial score (nSPS) is 12.7. The largest absolute Gasteiger partial charge is 0.311 e. The molecule has 0 fully saturated rings. The van der Waals surface area contributed by atoms with Crippen LogP contribution in [0.15, 0.2) is 18.2 Å². The maximum atomic E-state index is 13.4. The van der Waals surface area contributed by atoms with Crippen LogP contribution in [0.25, 0.3) is 0 Å². The minimum Gasteiger partial charge on any atom is -0.311 e. The molecule has 0 bridgehead atoms. The molecule has 1 rings (SSSR count). The molecule has 3 nitrogen and oxygen atoms in total. The lowest BCUT2D eigenvalue weighted by atomic mass is 10.2. The SMILES string of the molecule is CC(C)(CNCc1cc(Cl)ccc1F)S(C)(=O)=O. The second-order valence-corrected chi connectivity index (χ2v) is 7.96. The Bertz CT molecular complexity index is 529. The van der Waals surface area contributed by atoms with E-state index in [-0.39, 0.29) is 18.9 Å². The predicted octanol–water partition coefficient (Wildman–Crippen LogP) is 2.39. The number of benzene rings is 1. The van der Waals surface area contributed by atoms with E-state index in [9.17, 15) is 12.8 Å². The molecule has 0 amide bonds. The fourth-order valence-electron chi connectivity index (χ4n) is 1.31. The molecule has 0 radical (unpaired) electrons.